The van der Waals surface area contributed by atoms with Crippen LogP contribution in [0.2, 0.25) is 0 Å². The summed E-state index contributed by atoms with van der Waals surface area (Å²) in [6.45, 7) is 1.91. The number of halogens is 1. The molecule has 3 N–H and O–H groups in total. The Balaban J connectivity index is 1.81. The summed E-state index contributed by atoms with van der Waals surface area (Å²) in [5, 5.41) is 7.73. The summed E-state index contributed by atoms with van der Waals surface area (Å²) in [6, 6.07) is 10.1. The number of sulfonamides is 1. The van der Waals surface area contributed by atoms with Crippen molar-refractivity contribution in [2.45, 2.75) is 18.4 Å². The van der Waals surface area contributed by atoms with Gasteiger partial charge in [0.2, 0.25) is 10.0 Å². The monoisotopic (exact) mass is 436 g/mol. The molecule has 0 unspecified atom stereocenters. The topological polar surface area (TPSA) is 108 Å². The first kappa shape index (κ1) is 23.3. The third-order valence-corrected chi connectivity index (χ3v) is 6.22. The van der Waals surface area contributed by atoms with E-state index in [9.17, 15) is 22.4 Å². The molecule has 2 aromatic rings. The maximum absolute atomic E-state index is 13.5. The Morgan fingerprint density at radius 1 is 1.00 bits per heavy atom. The number of carbonyl (C=O) groups excluding carboxylic acids is 2. The lowest BCUT2D eigenvalue weighted by molar-refractivity contribution is 0.0953. The minimum Gasteiger partial charge on any atom is -0.350 e. The van der Waals surface area contributed by atoms with Gasteiger partial charge in [-0.05, 0) is 36.2 Å². The van der Waals surface area contributed by atoms with Crippen molar-refractivity contribution in [3.63, 3.8) is 0 Å². The Bertz CT molecular complexity index is 1030. The maximum Gasteiger partial charge on any atom is 0.315 e. The minimum absolute atomic E-state index is 0.0179. The van der Waals surface area contributed by atoms with E-state index in [0.717, 1.165) is 10.4 Å². The summed E-state index contributed by atoms with van der Waals surface area (Å²) in [5.74, 6) is -0.907. The van der Waals surface area contributed by atoms with E-state index >= 15 is 0 Å². The van der Waals surface area contributed by atoms with Crippen LogP contribution in [0.5, 0.6) is 0 Å². The van der Waals surface area contributed by atoms with Gasteiger partial charge in [-0.2, -0.15) is 0 Å². The first-order valence-corrected chi connectivity index (χ1v) is 10.6. The molecular formula is C20H25FN4O4S. The molecule has 0 bridgehead atoms. The van der Waals surface area contributed by atoms with Crippen molar-refractivity contribution in [2.75, 3.05) is 27.2 Å². The molecule has 0 radical (unpaired) electrons. The second-order valence-corrected chi connectivity index (χ2v) is 8.84. The van der Waals surface area contributed by atoms with Crippen LogP contribution < -0.4 is 16.0 Å². The van der Waals surface area contributed by atoms with Crippen LogP contribution in [0.1, 0.15) is 21.5 Å². The van der Waals surface area contributed by atoms with Crippen molar-refractivity contribution in [1.29, 1.82) is 0 Å². The quantitative estimate of drug-likeness (QED) is 0.547. The van der Waals surface area contributed by atoms with Gasteiger partial charge in [0, 0.05) is 39.3 Å². The Hall–Kier alpha value is -2.98. The Morgan fingerprint density at radius 3 is 2.33 bits per heavy atom. The van der Waals surface area contributed by atoms with Crippen LogP contribution in [0.25, 0.3) is 0 Å². The third-order valence-electron chi connectivity index (χ3n) is 4.30. The average molecular weight is 437 g/mol. The van der Waals surface area contributed by atoms with E-state index in [0.29, 0.717) is 11.1 Å². The molecule has 0 atom stereocenters. The number of hydrogen-bond acceptors (Lipinski definition) is 4. The lowest BCUT2D eigenvalue weighted by Gasteiger charge is -2.15. The smallest absolute Gasteiger partial charge is 0.315 e. The predicted octanol–water partition coefficient (Wildman–Crippen LogP) is 1.61. The van der Waals surface area contributed by atoms with Crippen molar-refractivity contribution in [3.05, 3.63) is 65.0 Å². The van der Waals surface area contributed by atoms with Crippen LogP contribution in [0, 0.1) is 12.7 Å². The van der Waals surface area contributed by atoms with E-state index in [1.807, 2.05) is 0 Å². The van der Waals surface area contributed by atoms with Crippen molar-refractivity contribution < 1.29 is 22.4 Å². The minimum atomic E-state index is -3.63. The Morgan fingerprint density at radius 2 is 1.67 bits per heavy atom. The molecule has 0 aromatic heterocycles. The molecule has 0 saturated heterocycles. The lowest BCUT2D eigenvalue weighted by Crippen LogP contribution is -2.40. The normalized spacial score (nSPS) is 11.2. The first-order chi connectivity index (χ1) is 14.1. The molecule has 2 aromatic carbocycles. The molecule has 30 heavy (non-hydrogen) atoms. The van der Waals surface area contributed by atoms with Crippen molar-refractivity contribution in [3.8, 4) is 0 Å². The molecule has 0 spiro atoms. The zero-order chi connectivity index (χ0) is 22.3. The van der Waals surface area contributed by atoms with Gasteiger partial charge in [-0.15, -0.1) is 0 Å². The number of carbonyl (C=O) groups is 2. The number of aryl methyl sites for hydroxylation is 1. The fraction of sp³-hybridized carbons (Fsp3) is 0.300. The zero-order valence-corrected chi connectivity index (χ0v) is 17.8. The highest BCUT2D eigenvalue weighted by Gasteiger charge is 2.20. The van der Waals surface area contributed by atoms with Gasteiger partial charge < -0.3 is 16.0 Å². The summed E-state index contributed by atoms with van der Waals surface area (Å²) >= 11 is 0. The summed E-state index contributed by atoms with van der Waals surface area (Å²) in [4.78, 5) is 24.1. The van der Waals surface area contributed by atoms with E-state index in [1.165, 1.54) is 32.3 Å². The number of hydrogen-bond donors (Lipinski definition) is 3. The van der Waals surface area contributed by atoms with Gasteiger partial charge in [0.05, 0.1) is 4.90 Å². The van der Waals surface area contributed by atoms with Gasteiger partial charge in [0.1, 0.15) is 5.82 Å². The third kappa shape index (κ3) is 6.01. The SMILES string of the molecule is Cc1ccc(C(=O)NCCNC(=O)NCc2ccccc2S(=O)(=O)N(C)C)cc1F. The van der Waals surface area contributed by atoms with Gasteiger partial charge in [-0.25, -0.2) is 21.9 Å². The van der Waals surface area contributed by atoms with E-state index in [-0.39, 0.29) is 30.1 Å². The standard InChI is InChI=1S/C20H25FN4O4S/c1-14-8-9-15(12-17(14)21)19(26)22-10-11-23-20(27)24-13-16-6-4-5-7-18(16)30(28,29)25(2)3/h4-9,12H,10-11,13H2,1-3H3,(H,22,26)(H2,23,24,27). The second kappa shape index (κ2) is 10.2. The first-order valence-electron chi connectivity index (χ1n) is 9.19. The number of rotatable bonds is 8. The Kier molecular flexibility index (Phi) is 7.90. The molecule has 0 fully saturated rings. The van der Waals surface area contributed by atoms with E-state index in [4.69, 9.17) is 0 Å². The molecule has 10 heteroatoms. The number of amides is 3. The van der Waals surface area contributed by atoms with E-state index in [2.05, 4.69) is 16.0 Å². The van der Waals surface area contributed by atoms with Gasteiger partial charge in [-0.1, -0.05) is 24.3 Å². The predicted molar refractivity (Wildman–Crippen MR) is 111 cm³/mol. The highest BCUT2D eigenvalue weighted by atomic mass is 32.2. The average Bonchev–Trinajstić information content (AvgIpc) is 2.71. The molecule has 0 aliphatic carbocycles. The zero-order valence-electron chi connectivity index (χ0n) is 17.0. The van der Waals surface area contributed by atoms with Crippen molar-refractivity contribution >= 4 is 22.0 Å². The molecule has 2 rings (SSSR count). The fourth-order valence-corrected chi connectivity index (χ4v) is 3.64. The number of urea groups is 1. The van der Waals surface area contributed by atoms with Crippen LogP contribution >= 0.6 is 0 Å². The summed E-state index contributed by atoms with van der Waals surface area (Å²) in [6.07, 6.45) is 0. The lowest BCUT2D eigenvalue weighted by atomic mass is 10.1. The van der Waals surface area contributed by atoms with Gasteiger partial charge >= 0.3 is 6.03 Å². The summed E-state index contributed by atoms with van der Waals surface area (Å²) in [5.41, 5.74) is 1.10. The molecule has 0 aliphatic heterocycles. The summed E-state index contributed by atoms with van der Waals surface area (Å²) < 4.78 is 39.4. The molecule has 0 heterocycles. The van der Waals surface area contributed by atoms with Crippen molar-refractivity contribution in [2.24, 2.45) is 0 Å². The number of nitrogens with zero attached hydrogens (tertiary/aromatic N) is 1. The molecule has 3 amide bonds. The molecule has 162 valence electrons. The molecule has 0 saturated carbocycles. The second-order valence-electron chi connectivity index (χ2n) is 6.72. The Labute approximate surface area is 175 Å². The highest BCUT2D eigenvalue weighted by molar-refractivity contribution is 7.89. The van der Waals surface area contributed by atoms with Gasteiger partial charge in [-0.3, -0.25) is 4.79 Å². The van der Waals surface area contributed by atoms with Crippen LogP contribution in [0.3, 0.4) is 0 Å². The van der Waals surface area contributed by atoms with E-state index < -0.39 is 27.8 Å². The molecular weight excluding hydrogens is 411 g/mol. The van der Waals surface area contributed by atoms with Crippen LogP contribution in [-0.2, 0) is 16.6 Å². The van der Waals surface area contributed by atoms with Crippen LogP contribution in [0.15, 0.2) is 47.4 Å². The molecule has 0 aliphatic rings. The fourth-order valence-electron chi connectivity index (χ4n) is 2.52. The van der Waals surface area contributed by atoms with E-state index in [1.54, 1.807) is 25.1 Å². The summed E-state index contributed by atoms with van der Waals surface area (Å²) in [7, 11) is -0.759. The number of benzene rings is 2. The van der Waals surface area contributed by atoms with Crippen LogP contribution in [0.4, 0.5) is 9.18 Å². The largest absolute Gasteiger partial charge is 0.350 e. The number of nitrogens with one attached hydrogen (secondary N) is 3. The van der Waals surface area contributed by atoms with Gasteiger partial charge in [0.25, 0.3) is 5.91 Å². The molecule has 8 nitrogen and oxygen atoms in total. The highest BCUT2D eigenvalue weighted by Crippen LogP contribution is 2.18. The maximum atomic E-state index is 13.5. The van der Waals surface area contributed by atoms with Crippen LogP contribution in [-0.4, -0.2) is 51.8 Å². The van der Waals surface area contributed by atoms with Crippen molar-refractivity contribution in [1.82, 2.24) is 20.3 Å². The van der Waals surface area contributed by atoms with Gasteiger partial charge in [0.15, 0.2) is 0 Å².